The first kappa shape index (κ1) is 24.2. The molecule has 3 rings (SSSR count). The number of fused-ring (bicyclic) bond motifs is 1. The van der Waals surface area contributed by atoms with Crippen LogP contribution in [0.1, 0.15) is 22.8 Å². The van der Waals surface area contributed by atoms with Gasteiger partial charge < -0.3 is 19.5 Å². The van der Waals surface area contributed by atoms with Crippen molar-refractivity contribution in [2.24, 2.45) is 0 Å². The summed E-state index contributed by atoms with van der Waals surface area (Å²) < 4.78 is 16.8. The van der Waals surface area contributed by atoms with E-state index < -0.39 is 0 Å². The lowest BCUT2D eigenvalue weighted by molar-refractivity contribution is -0.142. The summed E-state index contributed by atoms with van der Waals surface area (Å²) in [7, 11) is 1.60. The molecule has 0 fully saturated rings. The number of ether oxygens (including phenoxy) is 3. The van der Waals surface area contributed by atoms with Gasteiger partial charge in [0.25, 0.3) is 0 Å². The average Bonchev–Trinajstić information content (AvgIpc) is 2.92. The summed E-state index contributed by atoms with van der Waals surface area (Å²) in [6.07, 6.45) is 3.33. The van der Waals surface area contributed by atoms with E-state index in [9.17, 15) is 4.79 Å². The SMILES string of the molecule is C=CCOC(=O)C[C@H]1S[C@H](c2cccc(OC)c2OCC=C)c2cc(Cl)ccc2NC1=S. The topological polar surface area (TPSA) is 56.8 Å². The summed E-state index contributed by atoms with van der Waals surface area (Å²) in [6, 6.07) is 11.3. The quantitative estimate of drug-likeness (QED) is 0.264. The third-order valence-electron chi connectivity index (χ3n) is 4.72. The normalized spacial score (nSPS) is 17.4. The average molecular weight is 490 g/mol. The second kappa shape index (κ2) is 11.4. The van der Waals surface area contributed by atoms with Crippen molar-refractivity contribution in [2.45, 2.75) is 16.9 Å². The van der Waals surface area contributed by atoms with Crippen LogP contribution in [-0.4, -0.2) is 36.5 Å². The molecule has 2 aromatic carbocycles. The van der Waals surface area contributed by atoms with Gasteiger partial charge in [0.05, 0.1) is 29.0 Å². The molecule has 0 amide bonds. The number of halogens is 1. The molecule has 8 heteroatoms. The molecule has 1 aliphatic rings. The van der Waals surface area contributed by atoms with Crippen LogP contribution >= 0.6 is 35.6 Å². The largest absolute Gasteiger partial charge is 0.493 e. The lowest BCUT2D eigenvalue weighted by Crippen LogP contribution is -2.26. The standard InChI is InChI=1S/C24H24ClNO4S2/c1-4-11-29-21(27)14-20-24(31)26-18-10-9-15(25)13-17(18)23(32-20)16-7-6-8-19(28-3)22(16)30-12-5-2/h4-10,13,20,23H,1-2,11-12,14H2,3H3,(H,26,31)/t20-,23-/m1/s1. The third kappa shape index (κ3) is 5.65. The van der Waals surface area contributed by atoms with Gasteiger partial charge in [-0.1, -0.05) is 61.3 Å². The van der Waals surface area contributed by atoms with Crippen molar-refractivity contribution in [3.8, 4) is 11.5 Å². The van der Waals surface area contributed by atoms with Crippen LogP contribution in [0.4, 0.5) is 5.69 Å². The van der Waals surface area contributed by atoms with Gasteiger partial charge in [0.15, 0.2) is 11.5 Å². The highest BCUT2D eigenvalue weighted by Crippen LogP contribution is 2.50. The number of benzene rings is 2. The second-order valence-corrected chi connectivity index (χ2v) is 9.07. The molecule has 0 aliphatic carbocycles. The van der Waals surface area contributed by atoms with E-state index in [1.54, 1.807) is 31.0 Å². The van der Waals surface area contributed by atoms with Crippen LogP contribution in [0.15, 0.2) is 61.7 Å². The second-order valence-electron chi connectivity index (χ2n) is 6.88. The molecule has 0 saturated heterocycles. The van der Waals surface area contributed by atoms with E-state index in [1.165, 1.54) is 6.08 Å². The Hall–Kier alpha value is -2.48. The molecule has 0 aromatic heterocycles. The van der Waals surface area contributed by atoms with Crippen molar-refractivity contribution in [3.63, 3.8) is 0 Å². The summed E-state index contributed by atoms with van der Waals surface area (Å²) in [5, 5.41) is 3.33. The Morgan fingerprint density at radius 3 is 2.72 bits per heavy atom. The zero-order chi connectivity index (χ0) is 23.1. The minimum absolute atomic E-state index is 0.120. The predicted molar refractivity (Wildman–Crippen MR) is 135 cm³/mol. The van der Waals surface area contributed by atoms with Gasteiger partial charge in [-0.25, -0.2) is 0 Å². The maximum Gasteiger partial charge on any atom is 0.307 e. The van der Waals surface area contributed by atoms with Crippen molar-refractivity contribution < 1.29 is 19.0 Å². The number of esters is 1. The van der Waals surface area contributed by atoms with E-state index in [0.717, 1.165) is 16.8 Å². The molecular weight excluding hydrogens is 466 g/mol. The summed E-state index contributed by atoms with van der Waals surface area (Å²) in [5.74, 6) is 0.873. The van der Waals surface area contributed by atoms with Crippen molar-refractivity contribution >= 4 is 52.2 Å². The molecule has 0 radical (unpaired) electrons. The Balaban J connectivity index is 2.08. The van der Waals surface area contributed by atoms with Crippen LogP contribution in [0.2, 0.25) is 5.02 Å². The number of hydrogen-bond acceptors (Lipinski definition) is 6. The van der Waals surface area contributed by atoms with Crippen molar-refractivity contribution in [2.75, 3.05) is 25.6 Å². The monoisotopic (exact) mass is 489 g/mol. The molecule has 0 unspecified atom stereocenters. The zero-order valence-electron chi connectivity index (χ0n) is 17.6. The maximum absolute atomic E-state index is 12.4. The number of methoxy groups -OCH3 is 1. The van der Waals surface area contributed by atoms with Crippen LogP contribution in [0.3, 0.4) is 0 Å². The van der Waals surface area contributed by atoms with Crippen LogP contribution in [0.25, 0.3) is 0 Å². The van der Waals surface area contributed by atoms with E-state index in [0.29, 0.717) is 28.1 Å². The Bertz CT molecular complexity index is 1030. The first-order valence-electron chi connectivity index (χ1n) is 9.91. The minimum atomic E-state index is -0.344. The van der Waals surface area contributed by atoms with Gasteiger partial charge in [0, 0.05) is 16.3 Å². The molecule has 1 N–H and O–H groups in total. The summed E-state index contributed by atoms with van der Waals surface area (Å²) in [5.41, 5.74) is 2.65. The fourth-order valence-electron chi connectivity index (χ4n) is 3.32. The predicted octanol–water partition coefficient (Wildman–Crippen LogP) is 5.98. The highest BCUT2D eigenvalue weighted by Gasteiger charge is 2.33. The van der Waals surface area contributed by atoms with Crippen LogP contribution in [-0.2, 0) is 9.53 Å². The lowest BCUT2D eigenvalue weighted by Gasteiger charge is -2.24. The zero-order valence-corrected chi connectivity index (χ0v) is 20.0. The Kier molecular flexibility index (Phi) is 8.61. The number of rotatable bonds is 9. The van der Waals surface area contributed by atoms with Crippen molar-refractivity contribution in [1.29, 1.82) is 0 Å². The van der Waals surface area contributed by atoms with E-state index >= 15 is 0 Å². The number of carbonyl (C=O) groups is 1. The molecule has 1 heterocycles. The molecule has 2 atom stereocenters. The van der Waals surface area contributed by atoms with Crippen molar-refractivity contribution in [3.05, 3.63) is 77.9 Å². The van der Waals surface area contributed by atoms with Gasteiger partial charge in [-0.15, -0.1) is 11.8 Å². The van der Waals surface area contributed by atoms with E-state index in [1.807, 2.05) is 30.3 Å². The number of carbonyl (C=O) groups excluding carboxylic acids is 1. The number of nitrogens with one attached hydrogen (secondary N) is 1. The molecule has 0 spiro atoms. The lowest BCUT2D eigenvalue weighted by atomic mass is 10.0. The third-order valence-corrected chi connectivity index (χ3v) is 7.00. The first-order valence-corrected chi connectivity index (χ1v) is 11.6. The molecule has 5 nitrogen and oxygen atoms in total. The van der Waals surface area contributed by atoms with Gasteiger partial charge in [-0.05, 0) is 29.8 Å². The Labute approximate surface area is 202 Å². The number of thiocarbonyl (C=S) groups is 1. The molecule has 1 aliphatic heterocycles. The van der Waals surface area contributed by atoms with E-state index in [-0.39, 0.29) is 29.5 Å². The molecule has 0 saturated carbocycles. The highest BCUT2D eigenvalue weighted by molar-refractivity contribution is 8.02. The number of hydrogen-bond donors (Lipinski definition) is 1. The minimum Gasteiger partial charge on any atom is -0.493 e. The number of para-hydroxylation sites is 1. The van der Waals surface area contributed by atoms with E-state index in [4.69, 9.17) is 38.0 Å². The molecule has 168 valence electrons. The van der Waals surface area contributed by atoms with Gasteiger partial charge in [0.2, 0.25) is 0 Å². The van der Waals surface area contributed by atoms with Gasteiger partial charge >= 0.3 is 5.97 Å². The molecule has 0 bridgehead atoms. The summed E-state index contributed by atoms with van der Waals surface area (Å²) in [6.45, 7) is 7.80. The van der Waals surface area contributed by atoms with Gasteiger partial charge in [-0.3, -0.25) is 4.79 Å². The van der Waals surface area contributed by atoms with E-state index in [2.05, 4.69) is 18.5 Å². The first-order chi connectivity index (χ1) is 15.5. The van der Waals surface area contributed by atoms with Gasteiger partial charge in [0.1, 0.15) is 13.2 Å². The maximum atomic E-state index is 12.4. The van der Waals surface area contributed by atoms with Crippen molar-refractivity contribution in [1.82, 2.24) is 0 Å². The highest BCUT2D eigenvalue weighted by atomic mass is 35.5. The Morgan fingerprint density at radius 2 is 2.00 bits per heavy atom. The molecular formula is C24H24ClNO4S2. The Morgan fingerprint density at radius 1 is 1.22 bits per heavy atom. The number of anilines is 1. The van der Waals surface area contributed by atoms with Crippen LogP contribution in [0.5, 0.6) is 11.5 Å². The fraction of sp³-hybridized carbons (Fsp3) is 0.250. The van der Waals surface area contributed by atoms with Gasteiger partial charge in [-0.2, -0.15) is 0 Å². The van der Waals surface area contributed by atoms with Crippen LogP contribution in [0, 0.1) is 0 Å². The fourth-order valence-corrected chi connectivity index (χ4v) is 5.28. The summed E-state index contributed by atoms with van der Waals surface area (Å²) in [4.78, 5) is 12.9. The smallest absolute Gasteiger partial charge is 0.307 e. The molecule has 32 heavy (non-hydrogen) atoms. The molecule has 2 aromatic rings. The number of thioether (sulfide) groups is 1. The summed E-state index contributed by atoms with van der Waals surface area (Å²) >= 11 is 13.5. The van der Waals surface area contributed by atoms with Crippen LogP contribution < -0.4 is 14.8 Å².